The number of aromatic amines is 1. The highest BCUT2D eigenvalue weighted by Gasteiger charge is 2.05. The molecule has 19 heavy (non-hydrogen) atoms. The molecule has 3 aromatic heterocycles. The molecule has 90 valence electrons. The van der Waals surface area contributed by atoms with Gasteiger partial charge in [-0.1, -0.05) is 24.3 Å². The van der Waals surface area contributed by atoms with Crippen LogP contribution in [0.3, 0.4) is 0 Å². The minimum atomic E-state index is 0.955. The van der Waals surface area contributed by atoms with Crippen LogP contribution in [0.1, 0.15) is 0 Å². The zero-order valence-corrected chi connectivity index (χ0v) is 10.2. The van der Waals surface area contributed by atoms with E-state index in [-0.39, 0.29) is 0 Å². The lowest BCUT2D eigenvalue weighted by Gasteiger charge is -2.04. The molecule has 0 bridgehead atoms. The molecule has 3 heteroatoms. The van der Waals surface area contributed by atoms with Crippen LogP contribution in [0.25, 0.3) is 33.1 Å². The lowest BCUT2D eigenvalue weighted by molar-refractivity contribution is 1.36. The van der Waals surface area contributed by atoms with Crippen LogP contribution in [0.2, 0.25) is 0 Å². The van der Waals surface area contributed by atoms with Crippen molar-refractivity contribution in [3.8, 4) is 11.3 Å². The Hall–Kier alpha value is -2.68. The van der Waals surface area contributed by atoms with Gasteiger partial charge in [0.05, 0.1) is 16.7 Å². The molecule has 3 heterocycles. The molecule has 4 rings (SSSR count). The predicted octanol–water partition coefficient (Wildman–Crippen LogP) is 3.78. The number of H-pyrrole nitrogens is 1. The summed E-state index contributed by atoms with van der Waals surface area (Å²) in [4.78, 5) is 12.3. The average Bonchev–Trinajstić information content (AvgIpc) is 3.01. The van der Waals surface area contributed by atoms with E-state index in [2.05, 4.69) is 34.2 Å². The summed E-state index contributed by atoms with van der Waals surface area (Å²) in [5, 5.41) is 2.24. The summed E-state index contributed by atoms with van der Waals surface area (Å²) in [6.07, 6.45) is 5.67. The number of nitrogens with zero attached hydrogens (tertiary/aromatic N) is 2. The van der Waals surface area contributed by atoms with E-state index in [4.69, 9.17) is 4.98 Å². The maximum absolute atomic E-state index is 4.76. The highest BCUT2D eigenvalue weighted by atomic mass is 14.8. The number of pyridine rings is 2. The van der Waals surface area contributed by atoms with Crippen LogP contribution in [-0.2, 0) is 0 Å². The highest BCUT2D eigenvalue weighted by Crippen LogP contribution is 2.25. The highest BCUT2D eigenvalue weighted by molar-refractivity contribution is 6.03. The SMILES string of the molecule is c1cnc2c(c1)ccc1ccc(-c3cc[nH]c3)nc12. The molecule has 3 nitrogen and oxygen atoms in total. The van der Waals surface area contributed by atoms with E-state index in [0.717, 1.165) is 33.1 Å². The van der Waals surface area contributed by atoms with E-state index in [0.29, 0.717) is 0 Å². The van der Waals surface area contributed by atoms with Gasteiger partial charge in [-0.05, 0) is 18.2 Å². The fourth-order valence-corrected chi connectivity index (χ4v) is 2.37. The first kappa shape index (κ1) is 10.3. The third kappa shape index (κ3) is 1.59. The van der Waals surface area contributed by atoms with Crippen molar-refractivity contribution in [2.45, 2.75) is 0 Å². The van der Waals surface area contributed by atoms with Gasteiger partial charge in [-0.2, -0.15) is 0 Å². The van der Waals surface area contributed by atoms with E-state index in [1.807, 2.05) is 36.8 Å². The summed E-state index contributed by atoms with van der Waals surface area (Å²) >= 11 is 0. The van der Waals surface area contributed by atoms with Crippen LogP contribution in [0.5, 0.6) is 0 Å². The van der Waals surface area contributed by atoms with Gasteiger partial charge in [0.25, 0.3) is 0 Å². The number of hydrogen-bond donors (Lipinski definition) is 1. The van der Waals surface area contributed by atoms with Crippen LogP contribution >= 0.6 is 0 Å². The first-order chi connectivity index (χ1) is 9.42. The Kier molecular flexibility index (Phi) is 2.12. The Morgan fingerprint density at radius 1 is 0.842 bits per heavy atom. The minimum absolute atomic E-state index is 0.955. The second kappa shape index (κ2) is 3.92. The lowest BCUT2D eigenvalue weighted by Crippen LogP contribution is -1.87. The van der Waals surface area contributed by atoms with Gasteiger partial charge in [0.15, 0.2) is 0 Å². The average molecular weight is 245 g/mol. The van der Waals surface area contributed by atoms with E-state index >= 15 is 0 Å². The Labute approximate surface area is 110 Å². The van der Waals surface area contributed by atoms with Gasteiger partial charge in [-0.15, -0.1) is 0 Å². The van der Waals surface area contributed by atoms with Gasteiger partial charge < -0.3 is 4.98 Å². The van der Waals surface area contributed by atoms with E-state index in [1.165, 1.54) is 0 Å². The predicted molar refractivity (Wildman–Crippen MR) is 76.8 cm³/mol. The standard InChI is InChI=1S/C16H11N3/c1-2-11-3-4-12-5-6-14(13-7-9-17-10-13)19-16(12)15(11)18-8-1/h1-10,17H. The molecule has 1 aromatic carbocycles. The third-order valence-electron chi connectivity index (χ3n) is 3.33. The van der Waals surface area contributed by atoms with Crippen molar-refractivity contribution in [2.24, 2.45) is 0 Å². The number of benzene rings is 1. The number of nitrogens with one attached hydrogen (secondary N) is 1. The topological polar surface area (TPSA) is 41.6 Å². The van der Waals surface area contributed by atoms with Gasteiger partial charge in [-0.3, -0.25) is 4.98 Å². The molecule has 0 unspecified atom stereocenters. The van der Waals surface area contributed by atoms with Crippen molar-refractivity contribution < 1.29 is 0 Å². The number of rotatable bonds is 1. The third-order valence-corrected chi connectivity index (χ3v) is 3.33. The second-order valence-electron chi connectivity index (χ2n) is 4.51. The van der Waals surface area contributed by atoms with Gasteiger partial charge in [0, 0.05) is 34.9 Å². The quantitative estimate of drug-likeness (QED) is 0.518. The Morgan fingerprint density at radius 3 is 2.53 bits per heavy atom. The van der Waals surface area contributed by atoms with Crippen molar-refractivity contribution in [3.63, 3.8) is 0 Å². The van der Waals surface area contributed by atoms with Crippen LogP contribution in [-0.4, -0.2) is 15.0 Å². The largest absolute Gasteiger partial charge is 0.367 e. The maximum Gasteiger partial charge on any atom is 0.0972 e. The van der Waals surface area contributed by atoms with Crippen molar-refractivity contribution in [1.82, 2.24) is 15.0 Å². The summed E-state index contributed by atoms with van der Waals surface area (Å²) in [6.45, 7) is 0. The number of aromatic nitrogens is 3. The summed E-state index contributed by atoms with van der Waals surface area (Å²) < 4.78 is 0. The second-order valence-corrected chi connectivity index (χ2v) is 4.51. The van der Waals surface area contributed by atoms with Crippen molar-refractivity contribution in [1.29, 1.82) is 0 Å². The van der Waals surface area contributed by atoms with Crippen LogP contribution in [0.4, 0.5) is 0 Å². The first-order valence-corrected chi connectivity index (χ1v) is 6.19. The molecule has 0 fully saturated rings. The van der Waals surface area contributed by atoms with Crippen molar-refractivity contribution >= 4 is 21.8 Å². The normalized spacial score (nSPS) is 11.2. The van der Waals surface area contributed by atoms with Gasteiger partial charge in [0.1, 0.15) is 0 Å². The molecule has 0 aliphatic carbocycles. The minimum Gasteiger partial charge on any atom is -0.367 e. The van der Waals surface area contributed by atoms with Gasteiger partial charge in [0.2, 0.25) is 0 Å². The van der Waals surface area contributed by atoms with Crippen molar-refractivity contribution in [2.75, 3.05) is 0 Å². The molecule has 0 aliphatic rings. The van der Waals surface area contributed by atoms with E-state index in [1.54, 1.807) is 0 Å². The monoisotopic (exact) mass is 245 g/mol. The molecule has 0 atom stereocenters. The van der Waals surface area contributed by atoms with E-state index < -0.39 is 0 Å². The zero-order chi connectivity index (χ0) is 12.7. The molecular weight excluding hydrogens is 234 g/mol. The fraction of sp³-hybridized carbons (Fsp3) is 0. The molecule has 4 aromatic rings. The van der Waals surface area contributed by atoms with E-state index in [9.17, 15) is 0 Å². The summed E-state index contributed by atoms with van der Waals surface area (Å²) in [5.41, 5.74) is 3.97. The molecular formula is C16H11N3. The van der Waals surface area contributed by atoms with Crippen LogP contribution in [0.15, 0.2) is 61.1 Å². The number of hydrogen-bond acceptors (Lipinski definition) is 2. The summed E-state index contributed by atoms with van der Waals surface area (Å²) in [7, 11) is 0. The maximum atomic E-state index is 4.76. The smallest absolute Gasteiger partial charge is 0.0972 e. The fourth-order valence-electron chi connectivity index (χ4n) is 2.37. The molecule has 0 aliphatic heterocycles. The van der Waals surface area contributed by atoms with Crippen LogP contribution in [0, 0.1) is 0 Å². The molecule has 0 saturated heterocycles. The van der Waals surface area contributed by atoms with Gasteiger partial charge >= 0.3 is 0 Å². The summed E-state index contributed by atoms with van der Waals surface area (Å²) in [5.74, 6) is 0. The lowest BCUT2D eigenvalue weighted by atomic mass is 10.1. The molecule has 0 spiro atoms. The Morgan fingerprint density at radius 2 is 1.68 bits per heavy atom. The Bertz CT molecular complexity index is 864. The van der Waals surface area contributed by atoms with Crippen molar-refractivity contribution in [3.05, 3.63) is 61.1 Å². The number of fused-ring (bicyclic) bond motifs is 3. The first-order valence-electron chi connectivity index (χ1n) is 6.19. The molecule has 0 radical (unpaired) electrons. The molecule has 0 amide bonds. The molecule has 0 saturated carbocycles. The molecule has 1 N–H and O–H groups in total. The van der Waals surface area contributed by atoms with Crippen LogP contribution < -0.4 is 0 Å². The van der Waals surface area contributed by atoms with Gasteiger partial charge in [-0.25, -0.2) is 4.98 Å². The summed E-state index contributed by atoms with van der Waals surface area (Å²) in [6, 6.07) is 14.3. The Balaban J connectivity index is 2.09. The zero-order valence-electron chi connectivity index (χ0n) is 10.2.